The van der Waals surface area contributed by atoms with Crippen LogP contribution in [-0.4, -0.2) is 40.6 Å². The highest BCUT2D eigenvalue weighted by Gasteiger charge is 2.37. The van der Waals surface area contributed by atoms with Gasteiger partial charge in [-0.3, -0.25) is 19.3 Å². The molecule has 3 amide bonds. The third-order valence-electron chi connectivity index (χ3n) is 6.93. The number of fused-ring (bicyclic) bond motifs is 1. The predicted molar refractivity (Wildman–Crippen MR) is 149 cm³/mol. The second kappa shape index (κ2) is 9.62. The third-order valence-corrected chi connectivity index (χ3v) is 7.84. The molecule has 2 aliphatic heterocycles. The van der Waals surface area contributed by atoms with Gasteiger partial charge in [-0.15, -0.1) is 0 Å². The Morgan fingerprint density at radius 3 is 2.42 bits per heavy atom. The van der Waals surface area contributed by atoms with E-state index in [0.29, 0.717) is 10.6 Å². The van der Waals surface area contributed by atoms with E-state index in [0.717, 1.165) is 51.0 Å². The van der Waals surface area contributed by atoms with Gasteiger partial charge in [0, 0.05) is 23.5 Å². The van der Waals surface area contributed by atoms with E-state index in [1.807, 2.05) is 39.0 Å². The maximum atomic E-state index is 13.1. The Morgan fingerprint density at radius 1 is 1.03 bits per heavy atom. The van der Waals surface area contributed by atoms with Gasteiger partial charge in [0.15, 0.2) is 0 Å². The van der Waals surface area contributed by atoms with Gasteiger partial charge in [-0.2, -0.15) is 0 Å². The summed E-state index contributed by atoms with van der Waals surface area (Å²) in [4.78, 5) is 42.0. The predicted octanol–water partition coefficient (Wildman–Crippen LogP) is 6.31. The van der Waals surface area contributed by atoms with Crippen molar-refractivity contribution in [3.8, 4) is 0 Å². The number of nitrogens with one attached hydrogen (secondary N) is 1. The number of amides is 3. The summed E-state index contributed by atoms with van der Waals surface area (Å²) >= 11 is 0.875. The number of nitrogens with zero attached hydrogens (tertiary/aromatic N) is 2. The SMILES string of the molecule is CCN1c2cc(C)c(/C=C3/SC(=O)N(CC(=O)Nc4ccc(C)c(C)c4)C3=O)cc2C(C)=CC1(C)C. The van der Waals surface area contributed by atoms with Crippen LogP contribution in [0.1, 0.15) is 55.5 Å². The lowest BCUT2D eigenvalue weighted by molar-refractivity contribution is -0.127. The van der Waals surface area contributed by atoms with Crippen molar-refractivity contribution < 1.29 is 14.4 Å². The van der Waals surface area contributed by atoms with Gasteiger partial charge in [0.1, 0.15) is 6.54 Å². The van der Waals surface area contributed by atoms with Crippen molar-refractivity contribution in [3.05, 3.63) is 69.1 Å². The smallest absolute Gasteiger partial charge is 0.294 e. The van der Waals surface area contributed by atoms with Crippen LogP contribution in [0.2, 0.25) is 0 Å². The molecule has 36 heavy (non-hydrogen) atoms. The third kappa shape index (κ3) is 4.85. The van der Waals surface area contributed by atoms with E-state index >= 15 is 0 Å². The standard InChI is InChI=1S/C29H33N3O3S/c1-8-32-24-12-19(4)21(13-23(24)20(5)15-29(32,6)7)14-25-27(34)31(28(35)36-25)16-26(33)30-22-10-9-17(2)18(3)11-22/h9-15H,8,16H2,1-7H3,(H,30,33)/b25-14+. The van der Waals surface area contributed by atoms with Gasteiger partial charge < -0.3 is 10.2 Å². The Kier molecular flexibility index (Phi) is 6.88. The number of allylic oxidation sites excluding steroid dienone is 1. The molecule has 0 aliphatic carbocycles. The summed E-state index contributed by atoms with van der Waals surface area (Å²) in [6, 6.07) is 9.85. The average Bonchev–Trinajstić information content (AvgIpc) is 3.04. The molecular weight excluding hydrogens is 470 g/mol. The summed E-state index contributed by atoms with van der Waals surface area (Å²) in [5.74, 6) is -0.851. The lowest BCUT2D eigenvalue weighted by atomic mass is 9.87. The first kappa shape index (κ1) is 25.8. The fourth-order valence-corrected chi connectivity index (χ4v) is 5.75. The minimum absolute atomic E-state index is 0.0830. The van der Waals surface area contributed by atoms with Crippen molar-refractivity contribution in [1.29, 1.82) is 0 Å². The van der Waals surface area contributed by atoms with Crippen molar-refractivity contribution >= 4 is 51.8 Å². The molecule has 0 bridgehead atoms. The molecule has 0 aromatic heterocycles. The number of rotatable bonds is 5. The molecule has 7 heteroatoms. The van der Waals surface area contributed by atoms with Gasteiger partial charge in [-0.25, -0.2) is 0 Å². The number of aryl methyl sites for hydroxylation is 3. The van der Waals surface area contributed by atoms with Crippen LogP contribution in [0.3, 0.4) is 0 Å². The van der Waals surface area contributed by atoms with Crippen LogP contribution in [0.5, 0.6) is 0 Å². The van der Waals surface area contributed by atoms with Crippen LogP contribution in [0, 0.1) is 20.8 Å². The molecule has 2 heterocycles. The van der Waals surface area contributed by atoms with Crippen LogP contribution < -0.4 is 10.2 Å². The van der Waals surface area contributed by atoms with Crippen molar-refractivity contribution in [2.24, 2.45) is 0 Å². The van der Waals surface area contributed by atoms with Crippen molar-refractivity contribution in [2.75, 3.05) is 23.3 Å². The monoisotopic (exact) mass is 503 g/mol. The molecule has 4 rings (SSSR count). The molecule has 0 spiro atoms. The van der Waals surface area contributed by atoms with Crippen molar-refractivity contribution in [2.45, 2.75) is 54.0 Å². The number of anilines is 2. The summed E-state index contributed by atoms with van der Waals surface area (Å²) in [6.07, 6.45) is 4.03. The first-order chi connectivity index (χ1) is 16.9. The van der Waals surface area contributed by atoms with Gasteiger partial charge in [0.2, 0.25) is 5.91 Å². The number of imide groups is 1. The molecule has 1 fully saturated rings. The number of hydrogen-bond donors (Lipinski definition) is 1. The Labute approximate surface area is 217 Å². The van der Waals surface area contributed by atoms with Gasteiger partial charge in [0.05, 0.1) is 10.4 Å². The molecule has 0 radical (unpaired) electrons. The molecule has 0 saturated carbocycles. The van der Waals surface area contributed by atoms with Crippen molar-refractivity contribution in [3.63, 3.8) is 0 Å². The minimum atomic E-state index is -0.444. The summed E-state index contributed by atoms with van der Waals surface area (Å²) in [7, 11) is 0. The molecule has 1 N–H and O–H groups in total. The quantitative estimate of drug-likeness (QED) is 0.484. The van der Waals surface area contributed by atoms with E-state index < -0.39 is 17.1 Å². The second-order valence-corrected chi connectivity index (χ2v) is 11.1. The Morgan fingerprint density at radius 2 is 1.75 bits per heavy atom. The topological polar surface area (TPSA) is 69.7 Å². The molecule has 1 saturated heterocycles. The van der Waals surface area contributed by atoms with E-state index in [1.165, 1.54) is 11.3 Å². The summed E-state index contributed by atoms with van der Waals surface area (Å²) < 4.78 is 0. The zero-order valence-corrected chi connectivity index (χ0v) is 22.8. The number of hydrogen-bond acceptors (Lipinski definition) is 5. The van der Waals surface area contributed by atoms with Gasteiger partial charge in [0.25, 0.3) is 11.1 Å². The molecular formula is C29H33N3O3S. The molecule has 0 atom stereocenters. The normalized spacial score (nSPS) is 18.0. The van der Waals surface area contributed by atoms with E-state index in [2.05, 4.69) is 56.1 Å². The average molecular weight is 504 g/mol. The molecule has 2 aliphatic rings. The molecule has 188 valence electrons. The molecule has 2 aromatic rings. The van der Waals surface area contributed by atoms with Gasteiger partial charge >= 0.3 is 0 Å². The van der Waals surface area contributed by atoms with Crippen molar-refractivity contribution in [1.82, 2.24) is 4.90 Å². The summed E-state index contributed by atoms with van der Waals surface area (Å²) in [5.41, 5.74) is 8.14. The number of likely N-dealkylation sites (N-methyl/N-ethyl adjacent to an activating group) is 1. The van der Waals surface area contributed by atoms with Gasteiger partial charge in [-0.1, -0.05) is 12.1 Å². The number of carbonyl (C=O) groups is 3. The van der Waals surface area contributed by atoms with E-state index in [-0.39, 0.29) is 12.1 Å². The van der Waals surface area contributed by atoms with E-state index in [9.17, 15) is 14.4 Å². The number of thioether (sulfide) groups is 1. The summed E-state index contributed by atoms with van der Waals surface area (Å²) in [6.45, 7) is 15.2. The maximum absolute atomic E-state index is 13.1. The maximum Gasteiger partial charge on any atom is 0.294 e. The highest BCUT2D eigenvalue weighted by atomic mass is 32.2. The molecule has 2 aromatic carbocycles. The van der Waals surface area contributed by atoms with E-state index in [4.69, 9.17) is 0 Å². The Balaban J connectivity index is 1.56. The largest absolute Gasteiger partial charge is 0.363 e. The summed E-state index contributed by atoms with van der Waals surface area (Å²) in [5, 5.41) is 2.34. The van der Waals surface area contributed by atoms with Crippen LogP contribution in [0.4, 0.5) is 16.2 Å². The van der Waals surface area contributed by atoms with Crippen LogP contribution >= 0.6 is 11.8 Å². The highest BCUT2D eigenvalue weighted by molar-refractivity contribution is 8.18. The highest BCUT2D eigenvalue weighted by Crippen LogP contribution is 2.41. The fourth-order valence-electron chi connectivity index (χ4n) is 4.92. The Hall–Kier alpha value is -3.32. The van der Waals surface area contributed by atoms with Gasteiger partial charge in [-0.05, 0) is 118 Å². The first-order valence-corrected chi connectivity index (χ1v) is 13.0. The lowest BCUT2D eigenvalue weighted by Gasteiger charge is -2.43. The van der Waals surface area contributed by atoms with Crippen LogP contribution in [-0.2, 0) is 9.59 Å². The molecule has 6 nitrogen and oxygen atoms in total. The van der Waals surface area contributed by atoms with Crippen LogP contribution in [0.25, 0.3) is 11.6 Å². The first-order valence-electron chi connectivity index (χ1n) is 12.2. The Bertz CT molecular complexity index is 1340. The fraction of sp³-hybridized carbons (Fsp3) is 0.345. The number of carbonyl (C=O) groups excluding carboxylic acids is 3. The zero-order valence-electron chi connectivity index (χ0n) is 22.0. The van der Waals surface area contributed by atoms with Crippen LogP contribution in [0.15, 0.2) is 41.3 Å². The zero-order chi connectivity index (χ0) is 26.4. The number of benzene rings is 2. The molecule has 0 unspecified atom stereocenters. The second-order valence-electron chi connectivity index (χ2n) is 10.1. The minimum Gasteiger partial charge on any atom is -0.363 e. The van der Waals surface area contributed by atoms with E-state index in [1.54, 1.807) is 6.08 Å². The lowest BCUT2D eigenvalue weighted by Crippen LogP contribution is -2.44.